The molecule has 17 heavy (non-hydrogen) atoms. The number of aryl methyl sites for hydroxylation is 1. The van der Waals surface area contributed by atoms with Crippen LogP contribution in [0.15, 0.2) is 36.5 Å². The molecule has 0 unspecified atom stereocenters. The minimum absolute atomic E-state index is 0.554. The lowest BCUT2D eigenvalue weighted by atomic mass is 10.2. The molecule has 2 rings (SSSR count). The molecule has 1 heterocycles. The van der Waals surface area contributed by atoms with Crippen LogP contribution in [0.5, 0.6) is 0 Å². The summed E-state index contributed by atoms with van der Waals surface area (Å²) in [6.07, 6.45) is 1.86. The molecule has 0 spiro atoms. The monoisotopic (exact) mass is 266 g/mol. The molecule has 0 saturated heterocycles. The van der Waals surface area contributed by atoms with Crippen LogP contribution in [0.1, 0.15) is 11.3 Å². The van der Waals surface area contributed by atoms with Crippen LogP contribution in [0.4, 0.5) is 5.69 Å². The first-order chi connectivity index (χ1) is 8.15. The van der Waals surface area contributed by atoms with Crippen LogP contribution in [0.2, 0.25) is 10.0 Å². The van der Waals surface area contributed by atoms with E-state index in [1.807, 2.05) is 37.4 Å². The highest BCUT2D eigenvalue weighted by atomic mass is 35.5. The van der Waals surface area contributed by atoms with Gasteiger partial charge < -0.3 is 5.32 Å². The van der Waals surface area contributed by atoms with Gasteiger partial charge in [0, 0.05) is 24.1 Å². The Balaban J connectivity index is 2.02. The quantitative estimate of drug-likeness (QED) is 0.896. The minimum atomic E-state index is 0.554. The molecule has 0 amide bonds. The van der Waals surface area contributed by atoms with Crippen molar-refractivity contribution in [1.29, 1.82) is 0 Å². The van der Waals surface area contributed by atoms with E-state index in [2.05, 4.69) is 10.3 Å². The average molecular weight is 267 g/mol. The zero-order chi connectivity index (χ0) is 12.3. The molecule has 0 aliphatic carbocycles. The molecule has 1 aromatic heterocycles. The van der Waals surface area contributed by atoms with Crippen LogP contribution < -0.4 is 5.32 Å². The maximum absolute atomic E-state index is 5.93. The Morgan fingerprint density at radius 2 is 1.94 bits per heavy atom. The molecule has 2 aromatic rings. The third-order valence-electron chi connectivity index (χ3n) is 2.39. The fourth-order valence-electron chi connectivity index (χ4n) is 1.41. The SMILES string of the molecule is Cc1ccc(CNc2ccc(Cl)c(Cl)c2)cn1. The normalized spacial score (nSPS) is 10.3. The van der Waals surface area contributed by atoms with Gasteiger partial charge in [-0.25, -0.2) is 0 Å². The Labute approximate surface area is 111 Å². The number of rotatable bonds is 3. The predicted molar refractivity (Wildman–Crippen MR) is 72.8 cm³/mol. The zero-order valence-electron chi connectivity index (χ0n) is 9.37. The van der Waals surface area contributed by atoms with Crippen LogP contribution in [0, 0.1) is 6.92 Å². The van der Waals surface area contributed by atoms with Crippen molar-refractivity contribution in [2.75, 3.05) is 5.32 Å². The van der Waals surface area contributed by atoms with E-state index in [9.17, 15) is 0 Å². The molecule has 0 aliphatic rings. The van der Waals surface area contributed by atoms with Gasteiger partial charge in [-0.3, -0.25) is 4.98 Å². The Morgan fingerprint density at radius 3 is 2.59 bits per heavy atom. The first-order valence-electron chi connectivity index (χ1n) is 5.25. The van der Waals surface area contributed by atoms with E-state index in [0.717, 1.165) is 16.9 Å². The zero-order valence-corrected chi connectivity index (χ0v) is 10.9. The first-order valence-corrected chi connectivity index (χ1v) is 6.01. The number of aromatic nitrogens is 1. The van der Waals surface area contributed by atoms with E-state index < -0.39 is 0 Å². The molecule has 0 saturated carbocycles. The van der Waals surface area contributed by atoms with Crippen LogP contribution in [-0.2, 0) is 6.54 Å². The number of hydrogen-bond donors (Lipinski definition) is 1. The summed E-state index contributed by atoms with van der Waals surface area (Å²) in [5.41, 5.74) is 3.09. The topological polar surface area (TPSA) is 24.9 Å². The standard InChI is InChI=1S/C13H12Cl2N2/c1-9-2-3-10(7-16-9)8-17-11-4-5-12(14)13(15)6-11/h2-7,17H,8H2,1H3. The van der Waals surface area contributed by atoms with Crippen molar-refractivity contribution in [3.8, 4) is 0 Å². The number of nitrogens with one attached hydrogen (secondary N) is 1. The molecule has 0 atom stereocenters. The third-order valence-corrected chi connectivity index (χ3v) is 3.13. The summed E-state index contributed by atoms with van der Waals surface area (Å²) < 4.78 is 0. The van der Waals surface area contributed by atoms with E-state index in [0.29, 0.717) is 16.6 Å². The molecule has 1 N–H and O–H groups in total. The summed E-state index contributed by atoms with van der Waals surface area (Å²) in [6, 6.07) is 9.53. The van der Waals surface area contributed by atoms with Crippen LogP contribution in [0.25, 0.3) is 0 Å². The molecule has 0 bridgehead atoms. The molecule has 88 valence electrons. The summed E-state index contributed by atoms with van der Waals surface area (Å²) in [7, 11) is 0. The molecule has 1 aromatic carbocycles. The Morgan fingerprint density at radius 1 is 1.12 bits per heavy atom. The number of nitrogens with zero attached hydrogens (tertiary/aromatic N) is 1. The second-order valence-corrected chi connectivity index (χ2v) is 4.60. The highest BCUT2D eigenvalue weighted by Crippen LogP contribution is 2.25. The van der Waals surface area contributed by atoms with Gasteiger partial charge in [0.2, 0.25) is 0 Å². The number of halogens is 2. The van der Waals surface area contributed by atoms with Gasteiger partial charge in [-0.05, 0) is 36.8 Å². The lowest BCUT2D eigenvalue weighted by molar-refractivity contribution is 1.09. The Bertz CT molecular complexity index is 509. The van der Waals surface area contributed by atoms with Gasteiger partial charge in [-0.15, -0.1) is 0 Å². The third kappa shape index (κ3) is 3.35. The van der Waals surface area contributed by atoms with Gasteiger partial charge in [-0.2, -0.15) is 0 Å². The van der Waals surface area contributed by atoms with Crippen molar-refractivity contribution in [1.82, 2.24) is 4.98 Å². The van der Waals surface area contributed by atoms with Crippen LogP contribution >= 0.6 is 23.2 Å². The molecule has 0 fully saturated rings. The van der Waals surface area contributed by atoms with Gasteiger partial charge in [-0.1, -0.05) is 29.3 Å². The van der Waals surface area contributed by atoms with E-state index in [4.69, 9.17) is 23.2 Å². The lowest BCUT2D eigenvalue weighted by Gasteiger charge is -2.07. The van der Waals surface area contributed by atoms with Crippen molar-refractivity contribution in [3.05, 3.63) is 57.8 Å². The minimum Gasteiger partial charge on any atom is -0.381 e. The van der Waals surface area contributed by atoms with Crippen LogP contribution in [-0.4, -0.2) is 4.98 Å². The van der Waals surface area contributed by atoms with Gasteiger partial charge in [0.25, 0.3) is 0 Å². The second-order valence-electron chi connectivity index (χ2n) is 3.79. The van der Waals surface area contributed by atoms with Crippen molar-refractivity contribution >= 4 is 28.9 Å². The van der Waals surface area contributed by atoms with Crippen molar-refractivity contribution in [2.24, 2.45) is 0 Å². The maximum Gasteiger partial charge on any atom is 0.0612 e. The smallest absolute Gasteiger partial charge is 0.0612 e. The number of pyridine rings is 1. The van der Waals surface area contributed by atoms with E-state index in [1.54, 1.807) is 6.07 Å². The van der Waals surface area contributed by atoms with Gasteiger partial charge in [0.15, 0.2) is 0 Å². The summed E-state index contributed by atoms with van der Waals surface area (Å²) in [5.74, 6) is 0. The maximum atomic E-state index is 5.93. The summed E-state index contributed by atoms with van der Waals surface area (Å²) in [6.45, 7) is 2.68. The molecule has 0 radical (unpaired) electrons. The summed E-state index contributed by atoms with van der Waals surface area (Å²) >= 11 is 11.8. The molecular weight excluding hydrogens is 255 g/mol. The fourth-order valence-corrected chi connectivity index (χ4v) is 1.71. The van der Waals surface area contributed by atoms with Crippen molar-refractivity contribution in [3.63, 3.8) is 0 Å². The molecule has 2 nitrogen and oxygen atoms in total. The molecule has 4 heteroatoms. The van der Waals surface area contributed by atoms with Gasteiger partial charge in [0.1, 0.15) is 0 Å². The molecular formula is C13H12Cl2N2. The van der Waals surface area contributed by atoms with Crippen LogP contribution in [0.3, 0.4) is 0 Å². The summed E-state index contributed by atoms with van der Waals surface area (Å²) in [4.78, 5) is 4.24. The second kappa shape index (κ2) is 5.39. The average Bonchev–Trinajstić information content (AvgIpc) is 2.33. The lowest BCUT2D eigenvalue weighted by Crippen LogP contribution is -1.99. The highest BCUT2D eigenvalue weighted by molar-refractivity contribution is 6.42. The van der Waals surface area contributed by atoms with Crippen molar-refractivity contribution < 1.29 is 0 Å². The molecule has 0 aliphatic heterocycles. The Hall–Kier alpha value is -1.25. The number of benzene rings is 1. The predicted octanol–water partition coefficient (Wildman–Crippen LogP) is 4.31. The van der Waals surface area contributed by atoms with E-state index in [1.165, 1.54) is 0 Å². The van der Waals surface area contributed by atoms with E-state index in [-0.39, 0.29) is 0 Å². The van der Waals surface area contributed by atoms with Gasteiger partial charge >= 0.3 is 0 Å². The van der Waals surface area contributed by atoms with Crippen molar-refractivity contribution in [2.45, 2.75) is 13.5 Å². The van der Waals surface area contributed by atoms with Gasteiger partial charge in [0.05, 0.1) is 10.0 Å². The Kier molecular flexibility index (Phi) is 3.87. The first kappa shape index (κ1) is 12.2. The number of hydrogen-bond acceptors (Lipinski definition) is 2. The summed E-state index contributed by atoms with van der Waals surface area (Å²) in [5, 5.41) is 4.38. The van der Waals surface area contributed by atoms with E-state index >= 15 is 0 Å². The fraction of sp³-hybridized carbons (Fsp3) is 0.154. The largest absolute Gasteiger partial charge is 0.381 e. The highest BCUT2D eigenvalue weighted by Gasteiger charge is 1.99. The number of anilines is 1.